The number of hydrogen-bond donors (Lipinski definition) is 2. The van der Waals surface area contributed by atoms with Gasteiger partial charge in [-0.3, -0.25) is 9.59 Å². The predicted octanol–water partition coefficient (Wildman–Crippen LogP) is 1.27. The van der Waals surface area contributed by atoms with Crippen LogP contribution in [0.15, 0.2) is 18.2 Å². The second-order valence-corrected chi connectivity index (χ2v) is 5.24. The van der Waals surface area contributed by atoms with Gasteiger partial charge in [-0.25, -0.2) is 0 Å². The van der Waals surface area contributed by atoms with Crippen LogP contribution in [0, 0.1) is 12.8 Å². The molecule has 0 aliphatic carbocycles. The first-order chi connectivity index (χ1) is 10.4. The smallest absolute Gasteiger partial charge is 0.258 e. The van der Waals surface area contributed by atoms with Gasteiger partial charge >= 0.3 is 0 Å². The Bertz CT molecular complexity index is 515. The molecular weight excluding hydrogens is 284 g/mol. The van der Waals surface area contributed by atoms with E-state index in [1.54, 1.807) is 13.2 Å². The molecule has 0 saturated carbocycles. The second kappa shape index (κ2) is 8.92. The highest BCUT2D eigenvalue weighted by atomic mass is 16.5. The Kier molecular flexibility index (Phi) is 7.22. The van der Waals surface area contributed by atoms with Gasteiger partial charge in [0.05, 0.1) is 7.11 Å². The van der Waals surface area contributed by atoms with Crippen molar-refractivity contribution in [3.63, 3.8) is 0 Å². The van der Waals surface area contributed by atoms with Crippen LogP contribution in [0.4, 0.5) is 0 Å². The zero-order valence-corrected chi connectivity index (χ0v) is 13.6. The van der Waals surface area contributed by atoms with Crippen molar-refractivity contribution in [2.24, 2.45) is 5.92 Å². The third kappa shape index (κ3) is 6.03. The molecule has 22 heavy (non-hydrogen) atoms. The third-order valence-corrected chi connectivity index (χ3v) is 2.95. The van der Waals surface area contributed by atoms with Crippen LogP contribution in [-0.4, -0.2) is 38.6 Å². The van der Waals surface area contributed by atoms with E-state index in [2.05, 4.69) is 10.6 Å². The van der Waals surface area contributed by atoms with Gasteiger partial charge in [0.2, 0.25) is 5.91 Å². The molecule has 0 heterocycles. The lowest BCUT2D eigenvalue weighted by atomic mass is 10.2. The van der Waals surface area contributed by atoms with Crippen molar-refractivity contribution in [2.75, 3.05) is 26.8 Å². The number of methoxy groups -OCH3 is 1. The number of benzene rings is 1. The largest absolute Gasteiger partial charge is 0.493 e. The van der Waals surface area contributed by atoms with Crippen molar-refractivity contribution in [3.05, 3.63) is 23.8 Å². The van der Waals surface area contributed by atoms with Gasteiger partial charge in [-0.15, -0.1) is 0 Å². The number of carbonyl (C=O) groups excluding carboxylic acids is 2. The molecule has 2 amide bonds. The maximum atomic E-state index is 11.7. The van der Waals surface area contributed by atoms with Gasteiger partial charge in [0.15, 0.2) is 18.1 Å². The lowest BCUT2D eigenvalue weighted by Crippen LogP contribution is -2.38. The van der Waals surface area contributed by atoms with E-state index in [1.807, 2.05) is 32.9 Å². The molecule has 2 N–H and O–H groups in total. The lowest BCUT2D eigenvalue weighted by Gasteiger charge is -2.12. The minimum absolute atomic E-state index is 0.0325. The van der Waals surface area contributed by atoms with Crippen molar-refractivity contribution < 1.29 is 19.1 Å². The summed E-state index contributed by atoms with van der Waals surface area (Å²) >= 11 is 0. The molecule has 0 aliphatic heterocycles. The highest BCUT2D eigenvalue weighted by Crippen LogP contribution is 2.27. The predicted molar refractivity (Wildman–Crippen MR) is 84.1 cm³/mol. The van der Waals surface area contributed by atoms with Gasteiger partial charge in [-0.2, -0.15) is 0 Å². The Morgan fingerprint density at radius 2 is 1.82 bits per heavy atom. The highest BCUT2D eigenvalue weighted by molar-refractivity contribution is 5.78. The van der Waals surface area contributed by atoms with Crippen LogP contribution in [0.25, 0.3) is 0 Å². The van der Waals surface area contributed by atoms with Crippen LogP contribution >= 0.6 is 0 Å². The number of aryl methyl sites for hydroxylation is 1. The number of hydrogen-bond acceptors (Lipinski definition) is 4. The summed E-state index contributed by atoms with van der Waals surface area (Å²) in [5.74, 6) is 0.776. The normalized spacial score (nSPS) is 10.2. The van der Waals surface area contributed by atoms with Crippen molar-refractivity contribution in [1.29, 1.82) is 0 Å². The molecule has 0 atom stereocenters. The van der Waals surface area contributed by atoms with E-state index in [9.17, 15) is 9.59 Å². The number of amides is 2. The molecule has 1 aromatic rings. The summed E-state index contributed by atoms with van der Waals surface area (Å²) in [4.78, 5) is 23.0. The van der Waals surface area contributed by atoms with Crippen LogP contribution in [0.1, 0.15) is 19.4 Å². The fourth-order valence-corrected chi connectivity index (χ4v) is 1.68. The number of carbonyl (C=O) groups is 2. The first kappa shape index (κ1) is 17.8. The van der Waals surface area contributed by atoms with E-state index in [0.717, 1.165) is 5.56 Å². The molecule has 1 aromatic carbocycles. The van der Waals surface area contributed by atoms with Gasteiger partial charge in [0, 0.05) is 19.0 Å². The van der Waals surface area contributed by atoms with Crippen molar-refractivity contribution in [1.82, 2.24) is 10.6 Å². The Balaban J connectivity index is 2.30. The summed E-state index contributed by atoms with van der Waals surface area (Å²) in [6.45, 7) is 6.25. The first-order valence-electron chi connectivity index (χ1n) is 7.26. The van der Waals surface area contributed by atoms with Gasteiger partial charge in [-0.05, 0) is 24.6 Å². The van der Waals surface area contributed by atoms with E-state index in [1.165, 1.54) is 0 Å². The van der Waals surface area contributed by atoms with E-state index in [-0.39, 0.29) is 24.3 Å². The van der Waals surface area contributed by atoms with Crippen LogP contribution in [-0.2, 0) is 9.59 Å². The van der Waals surface area contributed by atoms with Gasteiger partial charge in [-0.1, -0.05) is 19.9 Å². The Labute approximate surface area is 131 Å². The molecular formula is C16H24N2O4. The van der Waals surface area contributed by atoms with Gasteiger partial charge < -0.3 is 20.1 Å². The minimum atomic E-state index is -0.249. The van der Waals surface area contributed by atoms with E-state index < -0.39 is 0 Å². The summed E-state index contributed by atoms with van der Waals surface area (Å²) < 4.78 is 10.6. The molecule has 1 rings (SSSR count). The van der Waals surface area contributed by atoms with Gasteiger partial charge in [0.25, 0.3) is 5.91 Å². The summed E-state index contributed by atoms with van der Waals surface area (Å²) in [5.41, 5.74) is 1.05. The zero-order chi connectivity index (χ0) is 16.5. The van der Waals surface area contributed by atoms with Crippen LogP contribution in [0.3, 0.4) is 0 Å². The third-order valence-electron chi connectivity index (χ3n) is 2.95. The van der Waals surface area contributed by atoms with Gasteiger partial charge in [0.1, 0.15) is 0 Å². The summed E-state index contributed by atoms with van der Waals surface area (Å²) in [6.07, 6.45) is 0. The Hall–Kier alpha value is -2.24. The Morgan fingerprint density at radius 3 is 2.45 bits per heavy atom. The topological polar surface area (TPSA) is 76.7 Å². The molecule has 0 aliphatic rings. The van der Waals surface area contributed by atoms with Crippen LogP contribution in [0.2, 0.25) is 0 Å². The first-order valence-corrected chi connectivity index (χ1v) is 7.26. The van der Waals surface area contributed by atoms with E-state index >= 15 is 0 Å². The minimum Gasteiger partial charge on any atom is -0.493 e. The van der Waals surface area contributed by atoms with Crippen molar-refractivity contribution in [3.8, 4) is 11.5 Å². The second-order valence-electron chi connectivity index (χ2n) is 5.24. The average Bonchev–Trinajstić information content (AvgIpc) is 2.49. The molecule has 0 aromatic heterocycles. The molecule has 0 spiro atoms. The molecule has 0 unspecified atom stereocenters. The molecule has 0 radical (unpaired) electrons. The zero-order valence-electron chi connectivity index (χ0n) is 13.6. The molecule has 0 bridgehead atoms. The SMILES string of the molecule is COc1cc(C)ccc1OCC(=O)NCCNC(=O)C(C)C. The highest BCUT2D eigenvalue weighted by Gasteiger charge is 2.08. The quantitative estimate of drug-likeness (QED) is 0.709. The fourth-order valence-electron chi connectivity index (χ4n) is 1.68. The maximum absolute atomic E-state index is 11.7. The molecule has 6 heteroatoms. The molecule has 0 saturated heterocycles. The van der Waals surface area contributed by atoms with Crippen molar-refractivity contribution >= 4 is 11.8 Å². The average molecular weight is 308 g/mol. The summed E-state index contributed by atoms with van der Waals surface area (Å²) in [7, 11) is 1.55. The molecule has 0 fully saturated rings. The van der Waals surface area contributed by atoms with Crippen LogP contribution in [0.5, 0.6) is 11.5 Å². The fraction of sp³-hybridized carbons (Fsp3) is 0.500. The number of ether oxygens (including phenoxy) is 2. The van der Waals surface area contributed by atoms with E-state index in [0.29, 0.717) is 24.6 Å². The monoisotopic (exact) mass is 308 g/mol. The summed E-state index contributed by atoms with van der Waals surface area (Å²) in [5, 5.41) is 5.40. The summed E-state index contributed by atoms with van der Waals surface area (Å²) in [6, 6.07) is 5.50. The lowest BCUT2D eigenvalue weighted by molar-refractivity contribution is -0.125. The number of rotatable bonds is 8. The van der Waals surface area contributed by atoms with E-state index in [4.69, 9.17) is 9.47 Å². The standard InChI is InChI=1S/C16H24N2O4/c1-11(2)16(20)18-8-7-17-15(19)10-22-13-6-5-12(3)9-14(13)21-4/h5-6,9,11H,7-8,10H2,1-4H3,(H,17,19)(H,18,20). The van der Waals surface area contributed by atoms with Crippen LogP contribution < -0.4 is 20.1 Å². The Morgan fingerprint density at radius 1 is 1.14 bits per heavy atom. The van der Waals surface area contributed by atoms with Crippen molar-refractivity contribution in [2.45, 2.75) is 20.8 Å². The number of nitrogens with one attached hydrogen (secondary N) is 2. The molecule has 6 nitrogen and oxygen atoms in total. The molecule has 122 valence electrons. The maximum Gasteiger partial charge on any atom is 0.258 e.